The van der Waals surface area contributed by atoms with Crippen molar-refractivity contribution >= 4 is 27.5 Å². The average Bonchev–Trinajstić information content (AvgIpc) is 2.44. The fourth-order valence-corrected chi connectivity index (χ4v) is 2.06. The standard InChI is InChI=1S/C15H16BrN3O/c1-11-2-4-12(5-3-11)15(20)19-7-6-18-14-8-13(16)9-17-10-14/h2-5,8-10,18H,6-7H2,1H3,(H,19,20). The lowest BCUT2D eigenvalue weighted by molar-refractivity contribution is 0.0955. The molecule has 1 aromatic heterocycles. The molecule has 104 valence electrons. The monoisotopic (exact) mass is 333 g/mol. The van der Waals surface area contributed by atoms with Gasteiger partial charge in [0.15, 0.2) is 0 Å². The van der Waals surface area contributed by atoms with E-state index in [1.54, 1.807) is 12.4 Å². The van der Waals surface area contributed by atoms with Gasteiger partial charge >= 0.3 is 0 Å². The van der Waals surface area contributed by atoms with Crippen molar-refractivity contribution < 1.29 is 4.79 Å². The highest BCUT2D eigenvalue weighted by atomic mass is 79.9. The van der Waals surface area contributed by atoms with Gasteiger partial charge in [0.1, 0.15) is 0 Å². The summed E-state index contributed by atoms with van der Waals surface area (Å²) in [6, 6.07) is 9.46. The van der Waals surface area contributed by atoms with Crippen molar-refractivity contribution in [1.82, 2.24) is 10.3 Å². The molecule has 0 saturated heterocycles. The number of nitrogens with zero attached hydrogens (tertiary/aromatic N) is 1. The Kier molecular flexibility index (Phi) is 5.12. The van der Waals surface area contributed by atoms with Crippen LogP contribution in [0.4, 0.5) is 5.69 Å². The van der Waals surface area contributed by atoms with E-state index in [1.165, 1.54) is 0 Å². The molecule has 0 radical (unpaired) electrons. The van der Waals surface area contributed by atoms with Crippen LogP contribution in [0.2, 0.25) is 0 Å². The number of anilines is 1. The van der Waals surface area contributed by atoms with Gasteiger partial charge in [-0.2, -0.15) is 0 Å². The molecule has 0 aliphatic carbocycles. The van der Waals surface area contributed by atoms with Gasteiger partial charge in [0.05, 0.1) is 11.9 Å². The molecule has 0 bridgehead atoms. The topological polar surface area (TPSA) is 54.0 Å². The molecule has 0 fully saturated rings. The maximum Gasteiger partial charge on any atom is 0.251 e. The molecular formula is C15H16BrN3O. The van der Waals surface area contributed by atoms with E-state index in [4.69, 9.17) is 0 Å². The van der Waals surface area contributed by atoms with E-state index in [9.17, 15) is 4.79 Å². The number of aryl methyl sites for hydroxylation is 1. The third-order valence-electron chi connectivity index (χ3n) is 2.76. The van der Waals surface area contributed by atoms with Gasteiger partial charge < -0.3 is 10.6 Å². The summed E-state index contributed by atoms with van der Waals surface area (Å²) >= 11 is 3.36. The number of pyridine rings is 1. The predicted octanol–water partition coefficient (Wildman–Crippen LogP) is 2.99. The zero-order chi connectivity index (χ0) is 14.4. The molecule has 1 amide bonds. The molecule has 4 nitrogen and oxygen atoms in total. The highest BCUT2D eigenvalue weighted by Crippen LogP contribution is 2.12. The van der Waals surface area contributed by atoms with Crippen molar-refractivity contribution in [2.45, 2.75) is 6.92 Å². The first kappa shape index (κ1) is 14.5. The highest BCUT2D eigenvalue weighted by Gasteiger charge is 2.03. The molecule has 5 heteroatoms. The van der Waals surface area contributed by atoms with Crippen LogP contribution in [0.15, 0.2) is 47.2 Å². The van der Waals surface area contributed by atoms with Crippen LogP contribution in [0.1, 0.15) is 15.9 Å². The molecule has 1 aromatic carbocycles. The summed E-state index contributed by atoms with van der Waals surface area (Å²) in [4.78, 5) is 15.9. The Hall–Kier alpha value is -1.88. The van der Waals surface area contributed by atoms with Gasteiger partial charge in [-0.1, -0.05) is 17.7 Å². The Bertz CT molecular complexity index is 584. The molecule has 0 atom stereocenters. The Morgan fingerprint density at radius 1 is 1.20 bits per heavy atom. The fraction of sp³-hybridized carbons (Fsp3) is 0.200. The Balaban J connectivity index is 1.76. The average molecular weight is 334 g/mol. The molecular weight excluding hydrogens is 318 g/mol. The minimum Gasteiger partial charge on any atom is -0.382 e. The third kappa shape index (κ3) is 4.35. The number of hydrogen-bond acceptors (Lipinski definition) is 3. The number of amides is 1. The van der Waals surface area contributed by atoms with Gasteiger partial charge in [-0.3, -0.25) is 9.78 Å². The second-order valence-corrected chi connectivity index (χ2v) is 5.36. The Labute approximate surface area is 126 Å². The number of rotatable bonds is 5. The van der Waals surface area contributed by atoms with E-state index in [-0.39, 0.29) is 5.91 Å². The largest absolute Gasteiger partial charge is 0.382 e. The smallest absolute Gasteiger partial charge is 0.251 e. The summed E-state index contributed by atoms with van der Waals surface area (Å²) in [7, 11) is 0. The van der Waals surface area contributed by atoms with Crippen molar-refractivity contribution in [2.75, 3.05) is 18.4 Å². The zero-order valence-corrected chi connectivity index (χ0v) is 12.8. The number of halogens is 1. The van der Waals surface area contributed by atoms with Crippen molar-refractivity contribution in [3.63, 3.8) is 0 Å². The Morgan fingerprint density at radius 3 is 2.65 bits per heavy atom. The molecule has 2 rings (SSSR count). The molecule has 0 spiro atoms. The maximum absolute atomic E-state index is 11.9. The number of hydrogen-bond donors (Lipinski definition) is 2. The third-order valence-corrected chi connectivity index (χ3v) is 3.19. The second-order valence-electron chi connectivity index (χ2n) is 4.44. The summed E-state index contributed by atoms with van der Waals surface area (Å²) < 4.78 is 0.922. The molecule has 20 heavy (non-hydrogen) atoms. The van der Waals surface area contributed by atoms with E-state index in [2.05, 4.69) is 31.5 Å². The van der Waals surface area contributed by atoms with E-state index in [0.717, 1.165) is 15.7 Å². The van der Waals surface area contributed by atoms with Gasteiger partial charge in [-0.25, -0.2) is 0 Å². The van der Waals surface area contributed by atoms with Gasteiger partial charge in [-0.05, 0) is 41.1 Å². The van der Waals surface area contributed by atoms with Crippen LogP contribution >= 0.6 is 15.9 Å². The van der Waals surface area contributed by atoms with Crippen molar-refractivity contribution in [2.24, 2.45) is 0 Å². The first-order valence-corrected chi connectivity index (χ1v) is 7.14. The summed E-state index contributed by atoms with van der Waals surface area (Å²) in [6.07, 6.45) is 3.47. The van der Waals surface area contributed by atoms with Crippen LogP contribution in [-0.2, 0) is 0 Å². The minimum atomic E-state index is -0.0563. The van der Waals surface area contributed by atoms with Crippen LogP contribution in [0.5, 0.6) is 0 Å². The summed E-state index contributed by atoms with van der Waals surface area (Å²) in [6.45, 7) is 3.20. The van der Waals surface area contributed by atoms with Gasteiger partial charge in [-0.15, -0.1) is 0 Å². The number of carbonyl (C=O) groups excluding carboxylic acids is 1. The summed E-state index contributed by atoms with van der Waals surface area (Å²) in [5.74, 6) is -0.0563. The van der Waals surface area contributed by atoms with Crippen molar-refractivity contribution in [1.29, 1.82) is 0 Å². The zero-order valence-electron chi connectivity index (χ0n) is 11.2. The van der Waals surface area contributed by atoms with Gasteiger partial charge in [0, 0.05) is 29.3 Å². The quantitative estimate of drug-likeness (QED) is 0.827. The van der Waals surface area contributed by atoms with E-state index >= 15 is 0 Å². The SMILES string of the molecule is Cc1ccc(C(=O)NCCNc2cncc(Br)c2)cc1. The number of benzene rings is 1. The highest BCUT2D eigenvalue weighted by molar-refractivity contribution is 9.10. The maximum atomic E-state index is 11.9. The van der Waals surface area contributed by atoms with Crippen LogP contribution in [-0.4, -0.2) is 24.0 Å². The number of nitrogens with one attached hydrogen (secondary N) is 2. The fourth-order valence-electron chi connectivity index (χ4n) is 1.70. The van der Waals surface area contributed by atoms with Crippen LogP contribution in [0, 0.1) is 6.92 Å². The van der Waals surface area contributed by atoms with Crippen LogP contribution in [0.25, 0.3) is 0 Å². The lowest BCUT2D eigenvalue weighted by Gasteiger charge is -2.08. The molecule has 0 saturated carbocycles. The van der Waals surface area contributed by atoms with Crippen LogP contribution in [0.3, 0.4) is 0 Å². The van der Waals surface area contributed by atoms with E-state index < -0.39 is 0 Å². The van der Waals surface area contributed by atoms with Gasteiger partial charge in [0.2, 0.25) is 0 Å². The van der Waals surface area contributed by atoms with Crippen molar-refractivity contribution in [3.8, 4) is 0 Å². The van der Waals surface area contributed by atoms with E-state index in [0.29, 0.717) is 18.7 Å². The summed E-state index contributed by atoms with van der Waals surface area (Å²) in [5.41, 5.74) is 2.74. The predicted molar refractivity (Wildman–Crippen MR) is 83.9 cm³/mol. The lowest BCUT2D eigenvalue weighted by atomic mass is 10.1. The number of aromatic nitrogens is 1. The molecule has 2 N–H and O–H groups in total. The molecule has 0 aliphatic heterocycles. The minimum absolute atomic E-state index is 0.0563. The van der Waals surface area contributed by atoms with E-state index in [1.807, 2.05) is 37.3 Å². The first-order valence-electron chi connectivity index (χ1n) is 6.34. The lowest BCUT2D eigenvalue weighted by Crippen LogP contribution is -2.28. The molecule has 0 unspecified atom stereocenters. The first-order chi connectivity index (χ1) is 9.65. The number of carbonyl (C=O) groups is 1. The molecule has 0 aliphatic rings. The Morgan fingerprint density at radius 2 is 1.95 bits per heavy atom. The normalized spacial score (nSPS) is 10.1. The molecule has 1 heterocycles. The van der Waals surface area contributed by atoms with Gasteiger partial charge in [0.25, 0.3) is 5.91 Å². The van der Waals surface area contributed by atoms with Crippen molar-refractivity contribution in [3.05, 3.63) is 58.3 Å². The summed E-state index contributed by atoms with van der Waals surface area (Å²) in [5, 5.41) is 6.06. The van der Waals surface area contributed by atoms with Crippen LogP contribution < -0.4 is 10.6 Å². The second kappa shape index (κ2) is 7.05. The molecule has 2 aromatic rings.